The topological polar surface area (TPSA) is 115 Å². The summed E-state index contributed by atoms with van der Waals surface area (Å²) in [5.41, 5.74) is -0.174. The van der Waals surface area contributed by atoms with Crippen LogP contribution in [0.2, 0.25) is 0 Å². The molecule has 1 unspecified atom stereocenters. The van der Waals surface area contributed by atoms with Crippen LogP contribution in [-0.4, -0.2) is 40.1 Å². The Morgan fingerprint density at radius 2 is 1.89 bits per heavy atom. The number of allylic oxidation sites excluding steroid dienone is 1. The molecule has 4 rings (SSSR count). The molecule has 38 heavy (non-hydrogen) atoms. The van der Waals surface area contributed by atoms with Crippen molar-refractivity contribution in [3.63, 3.8) is 0 Å². The average Bonchev–Trinajstić information content (AvgIpc) is 3.50. The van der Waals surface area contributed by atoms with E-state index in [1.165, 1.54) is 12.5 Å². The minimum Gasteiger partial charge on any atom is -0.492 e. The van der Waals surface area contributed by atoms with Crippen molar-refractivity contribution in [2.45, 2.75) is 18.4 Å². The second-order valence-corrected chi connectivity index (χ2v) is 8.33. The molecule has 0 aliphatic carbocycles. The number of benzene rings is 2. The molecule has 8 nitrogen and oxygen atoms in total. The zero-order chi connectivity index (χ0) is 26.6. The van der Waals surface area contributed by atoms with E-state index in [1.54, 1.807) is 36.7 Å². The van der Waals surface area contributed by atoms with Crippen LogP contribution in [0.4, 0.5) is 0 Å². The van der Waals surface area contributed by atoms with Gasteiger partial charge in [0.15, 0.2) is 5.54 Å². The quantitative estimate of drug-likeness (QED) is 0.192. The van der Waals surface area contributed by atoms with Gasteiger partial charge in [0.05, 0.1) is 6.20 Å². The number of oxazole rings is 1. The number of hydrogen-bond acceptors (Lipinski definition) is 7. The van der Waals surface area contributed by atoms with Gasteiger partial charge < -0.3 is 14.3 Å². The highest BCUT2D eigenvalue weighted by atomic mass is 16.5. The lowest BCUT2D eigenvalue weighted by molar-refractivity contribution is -0.143. The number of carbonyl (C=O) groups is 1. The molecule has 8 heteroatoms. The number of nitrogens with zero attached hydrogens (tertiary/aromatic N) is 2. The molecule has 0 fully saturated rings. The zero-order valence-corrected chi connectivity index (χ0v) is 20.6. The van der Waals surface area contributed by atoms with E-state index >= 15 is 0 Å². The van der Waals surface area contributed by atoms with Gasteiger partial charge in [0.1, 0.15) is 24.6 Å². The average molecular weight is 510 g/mol. The molecule has 0 radical (unpaired) electrons. The normalized spacial score (nSPS) is 12.5. The second-order valence-electron chi connectivity index (χ2n) is 8.33. The van der Waals surface area contributed by atoms with Crippen LogP contribution < -0.4 is 10.1 Å². The van der Waals surface area contributed by atoms with Crippen molar-refractivity contribution < 1.29 is 23.8 Å². The zero-order valence-electron chi connectivity index (χ0n) is 20.6. The highest BCUT2D eigenvalue weighted by molar-refractivity contribution is 5.91. The molecular formula is C30H27N3O5. The molecule has 0 bridgehead atoms. The first-order valence-corrected chi connectivity index (χ1v) is 12.1. The van der Waals surface area contributed by atoms with Gasteiger partial charge in [0.25, 0.3) is 0 Å². The lowest BCUT2D eigenvalue weighted by atomic mass is 9.78. The number of pyridine rings is 1. The predicted molar refractivity (Wildman–Crippen MR) is 143 cm³/mol. The third kappa shape index (κ3) is 6.13. The number of para-hydroxylation sites is 1. The SMILES string of the molecule is O=C=C(CCC=Cc1cccnc1)C(NCCOc1ccccc1)(C(=O)O)c1ccccc1-c1ncco1. The van der Waals surface area contributed by atoms with E-state index < -0.39 is 11.5 Å². The molecule has 0 saturated heterocycles. The van der Waals surface area contributed by atoms with Crippen LogP contribution in [0.25, 0.3) is 17.5 Å². The van der Waals surface area contributed by atoms with Crippen molar-refractivity contribution in [1.29, 1.82) is 0 Å². The smallest absolute Gasteiger partial charge is 0.333 e. The fourth-order valence-corrected chi connectivity index (χ4v) is 4.20. The van der Waals surface area contributed by atoms with E-state index in [1.807, 2.05) is 60.6 Å². The number of hydrogen-bond donors (Lipinski definition) is 2. The van der Waals surface area contributed by atoms with E-state index in [4.69, 9.17) is 9.15 Å². The van der Waals surface area contributed by atoms with Crippen LogP contribution in [0.1, 0.15) is 24.0 Å². The van der Waals surface area contributed by atoms with Gasteiger partial charge in [0, 0.05) is 35.6 Å². The molecule has 2 aromatic carbocycles. The molecule has 2 heterocycles. The van der Waals surface area contributed by atoms with Crippen LogP contribution in [-0.2, 0) is 15.1 Å². The van der Waals surface area contributed by atoms with Crippen molar-refractivity contribution in [1.82, 2.24) is 15.3 Å². The maximum absolute atomic E-state index is 13.1. The Labute approximate surface area is 220 Å². The van der Waals surface area contributed by atoms with Gasteiger partial charge in [-0.15, -0.1) is 0 Å². The Morgan fingerprint density at radius 1 is 1.08 bits per heavy atom. The van der Waals surface area contributed by atoms with Crippen LogP contribution in [0.5, 0.6) is 5.75 Å². The molecular weight excluding hydrogens is 482 g/mol. The first-order chi connectivity index (χ1) is 18.6. The van der Waals surface area contributed by atoms with Crippen molar-refractivity contribution in [2.24, 2.45) is 0 Å². The maximum atomic E-state index is 13.1. The number of carbonyl (C=O) groups excluding carboxylic acids is 1. The summed E-state index contributed by atoms with van der Waals surface area (Å²) in [6, 6.07) is 19.8. The summed E-state index contributed by atoms with van der Waals surface area (Å²) >= 11 is 0. The summed E-state index contributed by atoms with van der Waals surface area (Å²) in [6.07, 6.45) is 10.6. The minimum absolute atomic E-state index is 0.0413. The van der Waals surface area contributed by atoms with E-state index in [0.717, 1.165) is 5.56 Å². The molecule has 0 aliphatic heterocycles. The van der Waals surface area contributed by atoms with Gasteiger partial charge in [-0.05, 0) is 42.7 Å². The number of carboxylic acid groups (broad SMARTS) is 1. The van der Waals surface area contributed by atoms with E-state index in [0.29, 0.717) is 23.3 Å². The monoisotopic (exact) mass is 509 g/mol. The number of carboxylic acids is 1. The van der Waals surface area contributed by atoms with Crippen molar-refractivity contribution in [3.8, 4) is 17.2 Å². The summed E-state index contributed by atoms with van der Waals surface area (Å²) in [6.45, 7) is 0.311. The molecule has 0 amide bonds. The van der Waals surface area contributed by atoms with Crippen molar-refractivity contribution in [2.75, 3.05) is 13.2 Å². The lowest BCUT2D eigenvalue weighted by Crippen LogP contribution is -2.52. The largest absolute Gasteiger partial charge is 0.492 e. The summed E-state index contributed by atoms with van der Waals surface area (Å²) in [7, 11) is 0. The Hall–Kier alpha value is -4.78. The molecule has 192 valence electrons. The van der Waals surface area contributed by atoms with Gasteiger partial charge >= 0.3 is 5.97 Å². The van der Waals surface area contributed by atoms with Gasteiger partial charge in [0.2, 0.25) is 5.89 Å². The van der Waals surface area contributed by atoms with Gasteiger partial charge in [-0.1, -0.05) is 54.6 Å². The van der Waals surface area contributed by atoms with E-state index in [2.05, 4.69) is 15.3 Å². The van der Waals surface area contributed by atoms with Crippen LogP contribution >= 0.6 is 0 Å². The molecule has 2 N–H and O–H groups in total. The van der Waals surface area contributed by atoms with E-state index in [9.17, 15) is 14.7 Å². The Kier molecular flexibility index (Phi) is 8.97. The first-order valence-electron chi connectivity index (χ1n) is 12.1. The third-order valence-corrected chi connectivity index (χ3v) is 5.95. The number of ether oxygens (including phenoxy) is 1. The molecule has 4 aromatic rings. The molecule has 0 spiro atoms. The fraction of sp³-hybridized carbons (Fsp3) is 0.167. The molecule has 0 aliphatic rings. The van der Waals surface area contributed by atoms with Crippen molar-refractivity contribution >= 4 is 18.0 Å². The highest BCUT2D eigenvalue weighted by Crippen LogP contribution is 2.37. The van der Waals surface area contributed by atoms with Gasteiger partial charge in [-0.25, -0.2) is 14.6 Å². The summed E-state index contributed by atoms with van der Waals surface area (Å²) in [4.78, 5) is 33.8. The Balaban J connectivity index is 1.65. The van der Waals surface area contributed by atoms with Gasteiger partial charge in [-0.2, -0.15) is 0 Å². The third-order valence-electron chi connectivity index (χ3n) is 5.95. The van der Waals surface area contributed by atoms with Crippen molar-refractivity contribution in [3.05, 3.63) is 114 Å². The summed E-state index contributed by atoms with van der Waals surface area (Å²) in [5, 5.41) is 13.8. The molecule has 0 saturated carbocycles. The summed E-state index contributed by atoms with van der Waals surface area (Å²) < 4.78 is 11.3. The Bertz CT molecular complexity index is 1400. The van der Waals surface area contributed by atoms with E-state index in [-0.39, 0.29) is 31.0 Å². The molecule has 2 aromatic heterocycles. The number of rotatable bonds is 13. The number of aliphatic carboxylic acids is 1. The van der Waals surface area contributed by atoms with Crippen LogP contribution in [0.3, 0.4) is 0 Å². The van der Waals surface area contributed by atoms with Crippen LogP contribution in [0.15, 0.2) is 108 Å². The fourth-order valence-electron chi connectivity index (χ4n) is 4.20. The Morgan fingerprint density at radius 3 is 2.61 bits per heavy atom. The van der Waals surface area contributed by atoms with Crippen LogP contribution in [0, 0.1) is 0 Å². The standard InChI is InChI=1S/C30H27N3O5/c34-22-24(11-5-4-9-23-10-8-16-31-21-23)30(29(35)36,33-18-20-37-25-12-2-1-3-13-25)27-15-7-6-14-26(27)28-32-17-19-38-28/h1-4,6-10,12-17,19,21,33H,5,11,18,20H2,(H,35,36). The maximum Gasteiger partial charge on any atom is 0.333 e. The first kappa shape index (κ1) is 26.3. The predicted octanol–water partition coefficient (Wildman–Crippen LogP) is 4.94. The number of nitrogens with one attached hydrogen (secondary N) is 1. The summed E-state index contributed by atoms with van der Waals surface area (Å²) in [5.74, 6) is 1.59. The second kappa shape index (κ2) is 13.0. The number of aromatic nitrogens is 2. The highest BCUT2D eigenvalue weighted by Gasteiger charge is 2.46. The minimum atomic E-state index is -1.89. The van der Waals surface area contributed by atoms with Gasteiger partial charge in [-0.3, -0.25) is 10.3 Å². The lowest BCUT2D eigenvalue weighted by Gasteiger charge is -2.33. The molecule has 1 atom stereocenters.